The van der Waals surface area contributed by atoms with Gasteiger partial charge in [0.05, 0.1) is 39.0 Å². The Morgan fingerprint density at radius 3 is 2.26 bits per heavy atom. The smallest absolute Gasteiger partial charge is 0.309 e. The van der Waals surface area contributed by atoms with Crippen LogP contribution in [-0.2, 0) is 23.7 Å². The normalized spacial score (nSPS) is 12.4. The molecule has 2 N–H and O–H groups in total. The summed E-state index contributed by atoms with van der Waals surface area (Å²) >= 11 is 0. The number of hydrogen-bond donors (Lipinski definition) is 1. The van der Waals surface area contributed by atoms with Crippen LogP contribution >= 0.6 is 0 Å². The van der Waals surface area contributed by atoms with Gasteiger partial charge >= 0.3 is 5.97 Å². The summed E-state index contributed by atoms with van der Waals surface area (Å²) in [6, 6.07) is 0. The van der Waals surface area contributed by atoms with Gasteiger partial charge in [-0.2, -0.15) is 0 Å². The summed E-state index contributed by atoms with van der Waals surface area (Å²) in [4.78, 5) is 11.6. The quantitative estimate of drug-likeness (QED) is 0.392. The summed E-state index contributed by atoms with van der Waals surface area (Å²) in [5, 5.41) is 0. The van der Waals surface area contributed by atoms with E-state index in [-0.39, 0.29) is 11.9 Å². The monoisotopic (exact) mass is 277 g/mol. The summed E-state index contributed by atoms with van der Waals surface area (Å²) < 4.78 is 20.5. The molecule has 0 bridgehead atoms. The molecular weight excluding hydrogens is 250 g/mol. The molecule has 0 aliphatic rings. The lowest BCUT2D eigenvalue weighted by atomic mass is 10.0. The van der Waals surface area contributed by atoms with Crippen molar-refractivity contribution in [3.8, 4) is 0 Å². The predicted molar refractivity (Wildman–Crippen MR) is 71.9 cm³/mol. The van der Waals surface area contributed by atoms with E-state index in [4.69, 9.17) is 24.7 Å². The number of hydrogen-bond acceptors (Lipinski definition) is 6. The van der Waals surface area contributed by atoms with E-state index in [1.165, 1.54) is 0 Å². The van der Waals surface area contributed by atoms with Crippen molar-refractivity contribution in [2.45, 2.75) is 19.8 Å². The second-order valence-electron chi connectivity index (χ2n) is 4.03. The van der Waals surface area contributed by atoms with Crippen molar-refractivity contribution in [1.29, 1.82) is 0 Å². The molecule has 1 unspecified atom stereocenters. The Morgan fingerprint density at radius 1 is 1.05 bits per heavy atom. The maximum absolute atomic E-state index is 11.6. The van der Waals surface area contributed by atoms with Gasteiger partial charge in [0.25, 0.3) is 0 Å². The number of ether oxygens (including phenoxy) is 4. The fourth-order valence-corrected chi connectivity index (χ4v) is 1.53. The van der Waals surface area contributed by atoms with Crippen LogP contribution in [0, 0.1) is 5.92 Å². The molecule has 0 spiro atoms. The highest BCUT2D eigenvalue weighted by atomic mass is 16.5. The average Bonchev–Trinajstić information content (AvgIpc) is 2.40. The lowest BCUT2D eigenvalue weighted by Crippen LogP contribution is -2.23. The molecule has 0 aliphatic carbocycles. The van der Waals surface area contributed by atoms with Crippen molar-refractivity contribution in [3.63, 3.8) is 0 Å². The molecule has 0 saturated heterocycles. The first-order valence-corrected chi connectivity index (χ1v) is 6.77. The van der Waals surface area contributed by atoms with Crippen molar-refractivity contribution < 1.29 is 23.7 Å². The van der Waals surface area contributed by atoms with Gasteiger partial charge in [-0.3, -0.25) is 4.79 Å². The van der Waals surface area contributed by atoms with Crippen LogP contribution in [0.2, 0.25) is 0 Å². The first-order valence-electron chi connectivity index (χ1n) is 6.77. The van der Waals surface area contributed by atoms with E-state index >= 15 is 0 Å². The van der Waals surface area contributed by atoms with Gasteiger partial charge in [0.15, 0.2) is 0 Å². The first-order chi connectivity index (χ1) is 9.26. The van der Waals surface area contributed by atoms with Gasteiger partial charge in [-0.1, -0.05) is 0 Å². The number of nitrogens with two attached hydrogens (primary N) is 1. The standard InChI is InChI=1S/C13H27NO5/c1-3-19-13(15)12(4-6-14)5-7-17-10-11-18-9-8-16-2/h12H,3-11,14H2,1-2H3. The lowest BCUT2D eigenvalue weighted by Gasteiger charge is -2.14. The lowest BCUT2D eigenvalue weighted by molar-refractivity contribution is -0.149. The molecule has 0 amide bonds. The number of esters is 1. The van der Waals surface area contributed by atoms with Crippen molar-refractivity contribution in [1.82, 2.24) is 0 Å². The van der Waals surface area contributed by atoms with E-state index < -0.39 is 0 Å². The predicted octanol–water partition coefficient (Wildman–Crippen LogP) is 0.584. The van der Waals surface area contributed by atoms with Crippen LogP contribution in [0.15, 0.2) is 0 Å². The van der Waals surface area contributed by atoms with Gasteiger partial charge in [-0.05, 0) is 26.3 Å². The Bertz CT molecular complexity index is 213. The Hall–Kier alpha value is -0.690. The maximum Gasteiger partial charge on any atom is 0.309 e. The number of carbonyl (C=O) groups is 1. The minimum Gasteiger partial charge on any atom is -0.466 e. The zero-order chi connectivity index (χ0) is 14.3. The van der Waals surface area contributed by atoms with Gasteiger partial charge in [0.1, 0.15) is 0 Å². The molecule has 0 aromatic carbocycles. The molecule has 0 rings (SSSR count). The van der Waals surface area contributed by atoms with Gasteiger partial charge in [0, 0.05) is 13.7 Å². The molecule has 0 heterocycles. The molecule has 114 valence electrons. The SMILES string of the molecule is CCOC(=O)C(CCN)CCOCCOCCOC. The minimum absolute atomic E-state index is 0.167. The number of rotatable bonds is 13. The van der Waals surface area contributed by atoms with Crippen LogP contribution in [0.1, 0.15) is 19.8 Å². The fraction of sp³-hybridized carbons (Fsp3) is 0.923. The molecule has 6 heteroatoms. The topological polar surface area (TPSA) is 80.0 Å². The zero-order valence-electron chi connectivity index (χ0n) is 12.1. The third-order valence-electron chi connectivity index (χ3n) is 2.55. The van der Waals surface area contributed by atoms with Gasteiger partial charge in [0.2, 0.25) is 0 Å². The van der Waals surface area contributed by atoms with E-state index in [0.29, 0.717) is 59.0 Å². The first kappa shape index (κ1) is 18.3. The molecule has 0 aliphatic heterocycles. The van der Waals surface area contributed by atoms with Crippen LogP contribution < -0.4 is 5.73 Å². The second-order valence-corrected chi connectivity index (χ2v) is 4.03. The Balaban J connectivity index is 3.55. The summed E-state index contributed by atoms with van der Waals surface area (Å²) in [5.41, 5.74) is 5.48. The minimum atomic E-state index is -0.187. The maximum atomic E-state index is 11.6. The highest BCUT2D eigenvalue weighted by Gasteiger charge is 2.18. The molecular formula is C13H27NO5. The van der Waals surface area contributed by atoms with E-state index in [0.717, 1.165) is 0 Å². The van der Waals surface area contributed by atoms with Crippen molar-refractivity contribution in [2.75, 3.05) is 53.3 Å². The van der Waals surface area contributed by atoms with E-state index in [1.807, 2.05) is 0 Å². The van der Waals surface area contributed by atoms with Crippen LogP contribution in [-0.4, -0.2) is 59.3 Å². The van der Waals surface area contributed by atoms with E-state index in [2.05, 4.69) is 0 Å². The molecule has 0 saturated carbocycles. The number of carbonyl (C=O) groups excluding carboxylic acids is 1. The van der Waals surface area contributed by atoms with Gasteiger partial charge < -0.3 is 24.7 Å². The molecule has 0 aromatic heterocycles. The van der Waals surface area contributed by atoms with E-state index in [9.17, 15) is 4.79 Å². The second kappa shape index (κ2) is 13.7. The highest BCUT2D eigenvalue weighted by Crippen LogP contribution is 2.10. The molecule has 0 radical (unpaired) electrons. The summed E-state index contributed by atoms with van der Waals surface area (Å²) in [7, 11) is 1.63. The summed E-state index contributed by atoms with van der Waals surface area (Å²) in [5.74, 6) is -0.354. The van der Waals surface area contributed by atoms with Gasteiger partial charge in [-0.25, -0.2) is 0 Å². The molecule has 1 atom stereocenters. The van der Waals surface area contributed by atoms with E-state index in [1.54, 1.807) is 14.0 Å². The van der Waals surface area contributed by atoms with Crippen LogP contribution in [0.3, 0.4) is 0 Å². The third-order valence-corrected chi connectivity index (χ3v) is 2.55. The Labute approximate surface area is 115 Å². The number of methoxy groups -OCH3 is 1. The Morgan fingerprint density at radius 2 is 1.68 bits per heavy atom. The van der Waals surface area contributed by atoms with Gasteiger partial charge in [-0.15, -0.1) is 0 Å². The van der Waals surface area contributed by atoms with Crippen LogP contribution in [0.4, 0.5) is 0 Å². The van der Waals surface area contributed by atoms with Crippen LogP contribution in [0.5, 0.6) is 0 Å². The third kappa shape index (κ3) is 10.9. The summed E-state index contributed by atoms with van der Waals surface area (Å²) in [6.07, 6.45) is 1.26. The highest BCUT2D eigenvalue weighted by molar-refractivity contribution is 5.72. The van der Waals surface area contributed by atoms with Crippen molar-refractivity contribution in [3.05, 3.63) is 0 Å². The average molecular weight is 277 g/mol. The van der Waals surface area contributed by atoms with Crippen LogP contribution in [0.25, 0.3) is 0 Å². The molecule has 0 aromatic rings. The molecule has 6 nitrogen and oxygen atoms in total. The Kier molecular flexibility index (Phi) is 13.2. The molecule has 19 heavy (non-hydrogen) atoms. The summed E-state index contributed by atoms with van der Waals surface area (Å²) in [6.45, 7) is 5.38. The fourth-order valence-electron chi connectivity index (χ4n) is 1.53. The zero-order valence-corrected chi connectivity index (χ0v) is 12.1. The van der Waals surface area contributed by atoms with Crippen molar-refractivity contribution >= 4 is 5.97 Å². The van der Waals surface area contributed by atoms with Crippen molar-refractivity contribution in [2.24, 2.45) is 11.7 Å². The molecule has 0 fully saturated rings. The largest absolute Gasteiger partial charge is 0.466 e.